The van der Waals surface area contributed by atoms with Gasteiger partial charge in [-0.2, -0.15) is 0 Å². The van der Waals surface area contributed by atoms with Gasteiger partial charge in [-0.15, -0.1) is 0 Å². The molecule has 1 unspecified atom stereocenters. The summed E-state index contributed by atoms with van der Waals surface area (Å²) in [6, 6.07) is 15.7. The highest BCUT2D eigenvalue weighted by Crippen LogP contribution is 2.21. The number of carbonyl (C=O) groups is 2. The molecule has 0 radical (unpaired) electrons. The third-order valence-electron chi connectivity index (χ3n) is 5.45. The SMILES string of the molecule is NC(=O)C(CCc1nc2ccccc2[nH]1)NC(=O)c1ccc2nc(-c3ccncc3)[nH]c2c1. The summed E-state index contributed by atoms with van der Waals surface area (Å²) in [7, 11) is 0. The fourth-order valence-corrected chi connectivity index (χ4v) is 3.73. The Morgan fingerprint density at radius 3 is 2.52 bits per heavy atom. The molecule has 5 rings (SSSR count). The van der Waals surface area contributed by atoms with Gasteiger partial charge in [-0.25, -0.2) is 9.97 Å². The standard InChI is InChI=1S/C24H21N7O2/c25-22(32)19(7-8-21-27-16-3-1-2-4-17(16)28-21)31-24(33)15-5-6-18-20(13-15)30-23(29-18)14-9-11-26-12-10-14/h1-6,9-13,19H,7-8H2,(H2,25,32)(H,27,28)(H,29,30)(H,31,33). The maximum Gasteiger partial charge on any atom is 0.252 e. The number of pyridine rings is 1. The van der Waals surface area contributed by atoms with Gasteiger partial charge in [0.15, 0.2) is 0 Å². The van der Waals surface area contributed by atoms with Gasteiger partial charge in [0.1, 0.15) is 17.7 Å². The van der Waals surface area contributed by atoms with Crippen molar-refractivity contribution in [2.75, 3.05) is 0 Å². The number of aromatic amines is 2. The first-order valence-corrected chi connectivity index (χ1v) is 10.5. The Bertz CT molecular complexity index is 1420. The molecule has 9 heteroatoms. The van der Waals surface area contributed by atoms with Crippen molar-refractivity contribution >= 4 is 33.9 Å². The lowest BCUT2D eigenvalue weighted by molar-refractivity contribution is -0.120. The Labute approximate surface area is 188 Å². The first kappa shape index (κ1) is 20.4. The minimum Gasteiger partial charge on any atom is -0.368 e. The molecule has 5 N–H and O–H groups in total. The van der Waals surface area contributed by atoms with Gasteiger partial charge < -0.3 is 21.0 Å². The number of benzene rings is 2. The molecular formula is C24H21N7O2. The van der Waals surface area contributed by atoms with E-state index in [4.69, 9.17) is 5.73 Å². The van der Waals surface area contributed by atoms with E-state index < -0.39 is 11.9 Å². The second-order valence-electron chi connectivity index (χ2n) is 7.72. The smallest absolute Gasteiger partial charge is 0.252 e. The van der Waals surface area contributed by atoms with Crippen molar-refractivity contribution in [3.05, 3.63) is 78.4 Å². The average molecular weight is 439 g/mol. The van der Waals surface area contributed by atoms with Crippen LogP contribution in [-0.2, 0) is 11.2 Å². The Morgan fingerprint density at radius 1 is 0.939 bits per heavy atom. The summed E-state index contributed by atoms with van der Waals surface area (Å²) >= 11 is 0. The second kappa shape index (κ2) is 8.54. The number of carbonyl (C=O) groups excluding carboxylic acids is 2. The molecular weight excluding hydrogens is 418 g/mol. The molecule has 3 aromatic heterocycles. The predicted octanol–water partition coefficient (Wildman–Crippen LogP) is 2.72. The molecule has 0 bridgehead atoms. The van der Waals surface area contributed by atoms with Crippen molar-refractivity contribution in [3.63, 3.8) is 0 Å². The van der Waals surface area contributed by atoms with Crippen LogP contribution in [-0.4, -0.2) is 42.8 Å². The first-order valence-electron chi connectivity index (χ1n) is 10.5. The first-order chi connectivity index (χ1) is 16.1. The highest BCUT2D eigenvalue weighted by Gasteiger charge is 2.20. The van der Waals surface area contributed by atoms with E-state index in [0.717, 1.165) is 27.9 Å². The van der Waals surface area contributed by atoms with Crippen molar-refractivity contribution in [1.82, 2.24) is 30.2 Å². The number of fused-ring (bicyclic) bond motifs is 2. The van der Waals surface area contributed by atoms with Crippen molar-refractivity contribution in [2.24, 2.45) is 5.73 Å². The molecule has 0 spiro atoms. The number of primary amides is 1. The molecule has 1 atom stereocenters. The quantitative estimate of drug-likeness (QED) is 0.308. The molecule has 9 nitrogen and oxygen atoms in total. The van der Waals surface area contributed by atoms with Crippen LogP contribution in [0.5, 0.6) is 0 Å². The Hall–Kier alpha value is -4.53. The van der Waals surface area contributed by atoms with Gasteiger partial charge in [0.25, 0.3) is 5.91 Å². The minimum absolute atomic E-state index is 0.333. The molecule has 2 aromatic carbocycles. The second-order valence-corrected chi connectivity index (χ2v) is 7.72. The van der Waals surface area contributed by atoms with Crippen LogP contribution in [0.25, 0.3) is 33.5 Å². The minimum atomic E-state index is -0.824. The number of rotatable bonds is 7. The van der Waals surface area contributed by atoms with E-state index >= 15 is 0 Å². The maximum absolute atomic E-state index is 12.8. The van der Waals surface area contributed by atoms with Crippen LogP contribution >= 0.6 is 0 Å². The zero-order valence-corrected chi connectivity index (χ0v) is 17.6. The number of imidazole rings is 2. The zero-order valence-electron chi connectivity index (χ0n) is 17.6. The summed E-state index contributed by atoms with van der Waals surface area (Å²) in [5, 5.41) is 2.74. The van der Waals surface area contributed by atoms with Gasteiger partial charge in [0.05, 0.1) is 22.1 Å². The lowest BCUT2D eigenvalue weighted by Gasteiger charge is -2.15. The van der Waals surface area contributed by atoms with Gasteiger partial charge in [0, 0.05) is 29.9 Å². The summed E-state index contributed by atoms with van der Waals surface area (Å²) < 4.78 is 0. The maximum atomic E-state index is 12.8. The Morgan fingerprint density at radius 2 is 1.73 bits per heavy atom. The largest absolute Gasteiger partial charge is 0.368 e. The van der Waals surface area contributed by atoms with E-state index in [2.05, 4.69) is 30.2 Å². The number of H-pyrrole nitrogens is 2. The molecule has 3 heterocycles. The van der Waals surface area contributed by atoms with Crippen molar-refractivity contribution in [1.29, 1.82) is 0 Å². The molecule has 0 fully saturated rings. The third kappa shape index (κ3) is 4.29. The number of nitrogens with two attached hydrogens (primary N) is 1. The van der Waals surface area contributed by atoms with E-state index in [1.807, 2.05) is 36.4 Å². The number of amides is 2. The monoisotopic (exact) mass is 439 g/mol. The lowest BCUT2D eigenvalue weighted by Crippen LogP contribution is -2.44. The molecule has 0 saturated carbocycles. The number of hydrogen-bond donors (Lipinski definition) is 4. The normalized spacial score (nSPS) is 12.1. The van der Waals surface area contributed by atoms with Crippen LogP contribution in [0, 0.1) is 0 Å². The van der Waals surface area contributed by atoms with E-state index in [-0.39, 0.29) is 5.91 Å². The molecule has 33 heavy (non-hydrogen) atoms. The van der Waals surface area contributed by atoms with Gasteiger partial charge >= 0.3 is 0 Å². The number of hydrogen-bond acceptors (Lipinski definition) is 5. The number of nitrogens with zero attached hydrogens (tertiary/aromatic N) is 3. The summed E-state index contributed by atoms with van der Waals surface area (Å²) in [4.78, 5) is 44.3. The summed E-state index contributed by atoms with van der Waals surface area (Å²) in [6.45, 7) is 0. The van der Waals surface area contributed by atoms with Gasteiger partial charge in [0.2, 0.25) is 5.91 Å². The zero-order chi connectivity index (χ0) is 22.8. The summed E-state index contributed by atoms with van der Waals surface area (Å²) in [6.07, 6.45) is 4.18. The van der Waals surface area contributed by atoms with Gasteiger partial charge in [-0.05, 0) is 48.9 Å². The van der Waals surface area contributed by atoms with Crippen molar-refractivity contribution in [2.45, 2.75) is 18.9 Å². The van der Waals surface area contributed by atoms with Crippen LogP contribution in [0.15, 0.2) is 67.0 Å². The van der Waals surface area contributed by atoms with Gasteiger partial charge in [-0.1, -0.05) is 12.1 Å². The van der Waals surface area contributed by atoms with Crippen LogP contribution in [0.3, 0.4) is 0 Å². The number of aryl methyl sites for hydroxylation is 1. The highest BCUT2D eigenvalue weighted by atomic mass is 16.2. The van der Waals surface area contributed by atoms with E-state index in [9.17, 15) is 9.59 Å². The Kier molecular flexibility index (Phi) is 5.27. The van der Waals surface area contributed by atoms with E-state index in [1.165, 1.54) is 0 Å². The van der Waals surface area contributed by atoms with E-state index in [1.54, 1.807) is 30.6 Å². The molecule has 0 saturated heterocycles. The van der Waals surface area contributed by atoms with Gasteiger partial charge in [-0.3, -0.25) is 14.6 Å². The molecule has 164 valence electrons. The number of aromatic nitrogens is 5. The topological polar surface area (TPSA) is 142 Å². The van der Waals surface area contributed by atoms with Crippen molar-refractivity contribution < 1.29 is 9.59 Å². The molecule has 0 aliphatic heterocycles. The summed E-state index contributed by atoms with van der Waals surface area (Å²) in [5.41, 5.74) is 10.1. The highest BCUT2D eigenvalue weighted by molar-refractivity contribution is 5.99. The third-order valence-corrected chi connectivity index (χ3v) is 5.45. The molecule has 0 aliphatic rings. The number of para-hydroxylation sites is 2. The van der Waals surface area contributed by atoms with Crippen molar-refractivity contribution in [3.8, 4) is 11.4 Å². The molecule has 2 amide bonds. The fraction of sp³-hybridized carbons (Fsp3) is 0.125. The fourth-order valence-electron chi connectivity index (χ4n) is 3.73. The molecule has 0 aliphatic carbocycles. The van der Waals surface area contributed by atoms with Crippen LogP contribution in [0.4, 0.5) is 0 Å². The van der Waals surface area contributed by atoms with E-state index in [0.29, 0.717) is 29.7 Å². The predicted molar refractivity (Wildman–Crippen MR) is 124 cm³/mol. The molecule has 5 aromatic rings. The number of nitrogens with one attached hydrogen (secondary N) is 3. The average Bonchev–Trinajstić information content (AvgIpc) is 3.45. The summed E-state index contributed by atoms with van der Waals surface area (Å²) in [5.74, 6) is 0.442. The van der Waals surface area contributed by atoms with Crippen LogP contribution < -0.4 is 11.1 Å². The van der Waals surface area contributed by atoms with Crippen LogP contribution in [0.1, 0.15) is 22.6 Å². The Balaban J connectivity index is 1.30. The van der Waals surface area contributed by atoms with Crippen LogP contribution in [0.2, 0.25) is 0 Å². The lowest BCUT2D eigenvalue weighted by atomic mass is 10.1.